The number of carbonyl (C=O) groups excluding carboxylic acids is 1. The zero-order chi connectivity index (χ0) is 26.3. The molecule has 35 heavy (non-hydrogen) atoms. The van der Waals surface area contributed by atoms with Gasteiger partial charge in [0, 0.05) is 36.3 Å². The van der Waals surface area contributed by atoms with Crippen LogP contribution >= 0.6 is 11.6 Å². The molecule has 0 radical (unpaired) electrons. The van der Waals surface area contributed by atoms with Gasteiger partial charge in [-0.3, -0.25) is 4.79 Å². The van der Waals surface area contributed by atoms with E-state index in [0.29, 0.717) is 25.9 Å². The molecule has 1 aliphatic rings. The van der Waals surface area contributed by atoms with Crippen molar-refractivity contribution in [2.75, 3.05) is 32.2 Å². The van der Waals surface area contributed by atoms with Crippen LogP contribution in [-0.2, 0) is 20.7 Å². The van der Waals surface area contributed by atoms with Gasteiger partial charge in [0.2, 0.25) is 0 Å². The second-order valence-corrected chi connectivity index (χ2v) is 7.75. The predicted molar refractivity (Wildman–Crippen MR) is 142 cm³/mol. The number of hydrogen-bond donors (Lipinski definition) is 2. The molecule has 0 bridgehead atoms. The first-order chi connectivity index (χ1) is 17.2. The molecule has 3 rings (SSSR count). The molecule has 2 N–H and O–H groups in total. The van der Waals surface area contributed by atoms with Crippen molar-refractivity contribution in [2.24, 2.45) is 0 Å². The zero-order valence-corrected chi connectivity index (χ0v) is 21.9. The molecule has 0 atom stereocenters. The number of anilines is 1. The van der Waals surface area contributed by atoms with Crippen molar-refractivity contribution in [3.63, 3.8) is 0 Å². The average molecular weight is 510 g/mol. The lowest BCUT2D eigenvalue weighted by molar-refractivity contribution is -0.122. The van der Waals surface area contributed by atoms with Crippen molar-refractivity contribution in [1.29, 1.82) is 0 Å². The van der Waals surface area contributed by atoms with E-state index in [-0.39, 0.29) is 6.47 Å². The molecule has 8 heteroatoms. The Balaban J connectivity index is 0.00000150. The van der Waals surface area contributed by atoms with E-state index in [1.165, 1.54) is 32.1 Å². The quantitative estimate of drug-likeness (QED) is 0.288. The van der Waals surface area contributed by atoms with Gasteiger partial charge in [-0.05, 0) is 42.7 Å². The molecule has 2 aromatic rings. The maximum absolute atomic E-state index is 8.36. The van der Waals surface area contributed by atoms with Crippen molar-refractivity contribution in [3.8, 4) is 11.5 Å². The van der Waals surface area contributed by atoms with Crippen LogP contribution in [-0.4, -0.2) is 51.3 Å². The Bertz CT molecular complexity index is 799. The summed E-state index contributed by atoms with van der Waals surface area (Å²) in [5.74, 6) is 1.51. The van der Waals surface area contributed by atoms with Crippen molar-refractivity contribution in [3.05, 3.63) is 53.1 Å². The van der Waals surface area contributed by atoms with Crippen LogP contribution in [0.4, 0.5) is 5.69 Å². The van der Waals surface area contributed by atoms with Gasteiger partial charge >= 0.3 is 0 Å². The highest BCUT2D eigenvalue weighted by Gasteiger charge is 2.14. The molecule has 0 saturated heterocycles. The number of carboxylic acid groups (broad SMARTS) is 1. The van der Waals surface area contributed by atoms with E-state index < -0.39 is 0 Å². The molecule has 0 heterocycles. The van der Waals surface area contributed by atoms with Gasteiger partial charge in [-0.1, -0.05) is 56.8 Å². The molecular formula is C27H40ClNO6. The zero-order valence-electron chi connectivity index (χ0n) is 21.1. The maximum Gasteiger partial charge on any atom is 0.290 e. The lowest BCUT2D eigenvalue weighted by Crippen LogP contribution is -2.22. The molecule has 0 aromatic heterocycles. The van der Waals surface area contributed by atoms with Crippen LogP contribution in [0.15, 0.2) is 42.5 Å². The summed E-state index contributed by atoms with van der Waals surface area (Å²) in [7, 11) is 1.67. The van der Waals surface area contributed by atoms with E-state index in [9.17, 15) is 0 Å². The van der Waals surface area contributed by atoms with Gasteiger partial charge in [0.25, 0.3) is 6.47 Å². The summed E-state index contributed by atoms with van der Waals surface area (Å²) in [5.41, 5.74) is 2.24. The molecular weight excluding hydrogens is 470 g/mol. The van der Waals surface area contributed by atoms with E-state index in [1.54, 1.807) is 7.11 Å². The molecule has 2 aromatic carbocycles. The Morgan fingerprint density at radius 3 is 2.29 bits per heavy atom. The fourth-order valence-corrected chi connectivity index (χ4v) is 3.73. The molecule has 0 spiro atoms. The Labute approximate surface area is 214 Å². The monoisotopic (exact) mass is 509 g/mol. The second-order valence-electron chi connectivity index (χ2n) is 7.32. The smallest absolute Gasteiger partial charge is 0.290 e. The van der Waals surface area contributed by atoms with Crippen molar-refractivity contribution < 1.29 is 28.9 Å². The normalized spacial score (nSPS) is 12.3. The Hall–Kier alpha value is -2.77. The molecule has 1 aliphatic carbocycles. The lowest BCUT2D eigenvalue weighted by atomic mass is 9.95. The molecule has 7 nitrogen and oxygen atoms in total. The Kier molecular flexibility index (Phi) is 20.0. The lowest BCUT2D eigenvalue weighted by Gasteiger charge is -2.24. The highest BCUT2D eigenvalue weighted by Crippen LogP contribution is 2.32. The average Bonchev–Trinajstić information content (AvgIpc) is 2.89. The third-order valence-electron chi connectivity index (χ3n) is 5.00. The molecule has 196 valence electrons. The van der Waals surface area contributed by atoms with Gasteiger partial charge in [0.1, 0.15) is 13.4 Å². The van der Waals surface area contributed by atoms with Crippen LogP contribution in [0.25, 0.3) is 0 Å². The van der Waals surface area contributed by atoms with Crippen LogP contribution in [0.1, 0.15) is 51.5 Å². The Morgan fingerprint density at radius 2 is 1.66 bits per heavy atom. The standard InChI is InChI=1S/C23H30ClNO3.C2H6.CH2O2.CH2O/c1-26-14-15-28-22-11-10-21(25-20-8-3-2-4-9-20)17-23(22)27-13-12-18-6-5-7-19(24)16-18;1-2;2-1-3;1-2/h5-7,10-11,16-17,20,25H,2-4,8-9,12-15H2,1H3;1-2H3;1H,(H,2,3);1H2. The van der Waals surface area contributed by atoms with Crippen LogP contribution < -0.4 is 14.8 Å². The first-order valence-electron chi connectivity index (χ1n) is 11.9. The minimum absolute atomic E-state index is 0.250. The van der Waals surface area contributed by atoms with Gasteiger partial charge in [-0.15, -0.1) is 0 Å². The van der Waals surface area contributed by atoms with E-state index in [4.69, 9.17) is 40.5 Å². The summed E-state index contributed by atoms with van der Waals surface area (Å²) < 4.78 is 17.0. The summed E-state index contributed by atoms with van der Waals surface area (Å²) in [6.07, 6.45) is 7.21. The van der Waals surface area contributed by atoms with E-state index in [0.717, 1.165) is 34.2 Å². The van der Waals surface area contributed by atoms with E-state index >= 15 is 0 Å². The minimum atomic E-state index is -0.250. The third-order valence-corrected chi connectivity index (χ3v) is 5.24. The van der Waals surface area contributed by atoms with Gasteiger partial charge in [-0.2, -0.15) is 0 Å². The van der Waals surface area contributed by atoms with Gasteiger partial charge in [0.15, 0.2) is 11.5 Å². The number of hydrogen-bond acceptors (Lipinski definition) is 6. The highest BCUT2D eigenvalue weighted by molar-refractivity contribution is 6.30. The third kappa shape index (κ3) is 14.3. The number of methoxy groups -OCH3 is 1. The number of carbonyl (C=O) groups is 2. The molecule has 1 saturated carbocycles. The summed E-state index contributed by atoms with van der Waals surface area (Å²) in [6.45, 7) is 7.36. The predicted octanol–water partition coefficient (Wildman–Crippen LogP) is 6.27. The van der Waals surface area contributed by atoms with Crippen LogP contribution in [0.3, 0.4) is 0 Å². The van der Waals surface area contributed by atoms with Crippen molar-refractivity contribution in [2.45, 2.75) is 58.4 Å². The number of ether oxygens (including phenoxy) is 3. The summed E-state index contributed by atoms with van der Waals surface area (Å²) in [4.78, 5) is 16.4. The van der Waals surface area contributed by atoms with E-state index in [1.807, 2.05) is 44.9 Å². The van der Waals surface area contributed by atoms with Crippen LogP contribution in [0.5, 0.6) is 11.5 Å². The van der Waals surface area contributed by atoms with Crippen molar-refractivity contribution in [1.82, 2.24) is 0 Å². The largest absolute Gasteiger partial charge is 0.489 e. The summed E-state index contributed by atoms with van der Waals surface area (Å²) >= 11 is 6.07. The minimum Gasteiger partial charge on any atom is -0.489 e. The summed E-state index contributed by atoms with van der Waals surface area (Å²) in [5, 5.41) is 11.3. The Morgan fingerprint density at radius 1 is 1.00 bits per heavy atom. The number of rotatable bonds is 10. The number of nitrogens with one attached hydrogen (secondary N) is 1. The van der Waals surface area contributed by atoms with Gasteiger partial charge < -0.3 is 29.4 Å². The molecule has 0 unspecified atom stereocenters. The summed E-state index contributed by atoms with van der Waals surface area (Å²) in [6, 6.07) is 14.5. The first kappa shape index (κ1) is 32.2. The number of halogens is 1. The number of benzene rings is 2. The topological polar surface area (TPSA) is 94.1 Å². The first-order valence-corrected chi connectivity index (χ1v) is 12.3. The molecule has 0 aliphatic heterocycles. The highest BCUT2D eigenvalue weighted by atomic mass is 35.5. The second kappa shape index (κ2) is 21.7. The van der Waals surface area contributed by atoms with Crippen LogP contribution in [0, 0.1) is 0 Å². The SMILES string of the molecule is C=O.CC.COCCOc1ccc(NC2CCCCC2)cc1OCCc1cccc(Cl)c1.O=CO. The van der Waals surface area contributed by atoms with Gasteiger partial charge in [0.05, 0.1) is 13.2 Å². The fourth-order valence-electron chi connectivity index (χ4n) is 3.52. The fraction of sp³-hybridized carbons (Fsp3) is 0.481. The van der Waals surface area contributed by atoms with Crippen molar-refractivity contribution >= 4 is 30.5 Å². The van der Waals surface area contributed by atoms with E-state index in [2.05, 4.69) is 23.5 Å². The van der Waals surface area contributed by atoms with Crippen LogP contribution in [0.2, 0.25) is 5.02 Å². The van der Waals surface area contributed by atoms with Gasteiger partial charge in [-0.25, -0.2) is 0 Å². The molecule has 1 fully saturated rings. The maximum atomic E-state index is 8.36. The molecule has 0 amide bonds.